The molecule has 4 rings (SSSR count). The Bertz CT molecular complexity index is 936. The van der Waals surface area contributed by atoms with Gasteiger partial charge in [0.15, 0.2) is 0 Å². The van der Waals surface area contributed by atoms with Crippen LogP contribution >= 0.6 is 23.4 Å². The second-order valence-electron chi connectivity index (χ2n) is 9.28. The standard InChI is InChI=1S/C26H31ClO3S/c1-18(17-28)14-20-15-19-6-3-4-9-23(19)25(20)10-12-26(13-11-25,24(29)30-2)31-22-8-5-7-21(27)16-22/h3-9,16,18,20,28H,10-15,17H2,1-2H3/t18-,20?,25?,26?/m1/s1. The summed E-state index contributed by atoms with van der Waals surface area (Å²) in [5, 5.41) is 10.4. The molecule has 0 amide bonds. The van der Waals surface area contributed by atoms with E-state index < -0.39 is 4.75 Å². The minimum atomic E-state index is -0.588. The first-order valence-electron chi connectivity index (χ1n) is 11.1. The first-order chi connectivity index (χ1) is 14.9. The number of carbonyl (C=O) groups is 1. The number of halogens is 1. The second-order valence-corrected chi connectivity index (χ2v) is 11.2. The largest absolute Gasteiger partial charge is 0.468 e. The summed E-state index contributed by atoms with van der Waals surface area (Å²) in [5.74, 6) is 0.641. The van der Waals surface area contributed by atoms with Crippen LogP contribution in [0.15, 0.2) is 53.4 Å². The lowest BCUT2D eigenvalue weighted by Crippen LogP contribution is -2.47. The summed E-state index contributed by atoms with van der Waals surface area (Å²) in [5.41, 5.74) is 2.97. The van der Waals surface area contributed by atoms with Crippen LogP contribution in [0.4, 0.5) is 0 Å². The van der Waals surface area contributed by atoms with Crippen molar-refractivity contribution in [3.63, 3.8) is 0 Å². The van der Waals surface area contributed by atoms with Gasteiger partial charge in [-0.15, -0.1) is 11.8 Å². The number of rotatable bonds is 6. The predicted octanol–water partition coefficient (Wildman–Crippen LogP) is 6.05. The first-order valence-corrected chi connectivity index (χ1v) is 12.3. The number of fused-ring (bicyclic) bond motifs is 2. The minimum absolute atomic E-state index is 0.0758. The molecule has 1 N–H and O–H groups in total. The van der Waals surface area contributed by atoms with Gasteiger partial charge in [-0.25, -0.2) is 0 Å². The molecular weight excluding hydrogens is 428 g/mol. The van der Waals surface area contributed by atoms with Crippen LogP contribution in [0.25, 0.3) is 0 Å². The van der Waals surface area contributed by atoms with E-state index in [1.807, 2.05) is 24.3 Å². The third-order valence-electron chi connectivity index (χ3n) is 7.42. The van der Waals surface area contributed by atoms with Gasteiger partial charge in [0.25, 0.3) is 0 Å². The topological polar surface area (TPSA) is 46.5 Å². The average Bonchev–Trinajstić information content (AvgIpc) is 3.07. The van der Waals surface area contributed by atoms with Crippen molar-refractivity contribution in [2.24, 2.45) is 11.8 Å². The van der Waals surface area contributed by atoms with E-state index in [0.717, 1.165) is 43.4 Å². The number of carbonyl (C=O) groups excluding carboxylic acids is 1. The Morgan fingerprint density at radius 1 is 1.19 bits per heavy atom. The predicted molar refractivity (Wildman–Crippen MR) is 127 cm³/mol. The molecule has 0 aliphatic heterocycles. The summed E-state index contributed by atoms with van der Waals surface area (Å²) < 4.78 is 4.71. The maximum Gasteiger partial charge on any atom is 0.322 e. The highest BCUT2D eigenvalue weighted by Gasteiger charge is 2.54. The van der Waals surface area contributed by atoms with E-state index in [-0.39, 0.29) is 23.9 Å². The summed E-state index contributed by atoms with van der Waals surface area (Å²) in [4.78, 5) is 14.0. The minimum Gasteiger partial charge on any atom is -0.468 e. The van der Waals surface area contributed by atoms with Crippen molar-refractivity contribution in [2.75, 3.05) is 13.7 Å². The molecule has 1 spiro atoms. The van der Waals surface area contributed by atoms with Crippen LogP contribution in [0.2, 0.25) is 5.02 Å². The smallest absolute Gasteiger partial charge is 0.322 e. The number of ether oxygens (including phenoxy) is 1. The molecule has 1 saturated carbocycles. The summed E-state index contributed by atoms with van der Waals surface area (Å²) in [6.07, 6.45) is 5.53. The maximum absolute atomic E-state index is 13.0. The van der Waals surface area contributed by atoms with Gasteiger partial charge in [0, 0.05) is 16.5 Å². The van der Waals surface area contributed by atoms with Crippen LogP contribution in [-0.2, 0) is 21.4 Å². The Hall–Kier alpha value is -1.49. The van der Waals surface area contributed by atoms with Crippen LogP contribution in [-0.4, -0.2) is 29.5 Å². The summed E-state index contributed by atoms with van der Waals surface area (Å²) in [6, 6.07) is 16.5. The SMILES string of the molecule is COC(=O)C1(Sc2cccc(Cl)c2)CCC2(CC1)c1ccccc1CC2C[C@@H](C)CO. The molecule has 31 heavy (non-hydrogen) atoms. The molecule has 2 aliphatic carbocycles. The Kier molecular flexibility index (Phi) is 6.71. The molecule has 1 fully saturated rings. The number of aliphatic hydroxyl groups is 1. The second kappa shape index (κ2) is 9.17. The molecule has 1 unspecified atom stereocenters. The number of benzene rings is 2. The highest BCUT2D eigenvalue weighted by molar-refractivity contribution is 8.01. The molecule has 0 heterocycles. The van der Waals surface area contributed by atoms with Gasteiger partial charge in [-0.2, -0.15) is 0 Å². The van der Waals surface area contributed by atoms with Crippen molar-refractivity contribution in [2.45, 2.75) is 60.5 Å². The van der Waals surface area contributed by atoms with E-state index in [4.69, 9.17) is 16.3 Å². The molecule has 3 nitrogen and oxygen atoms in total. The Balaban J connectivity index is 1.64. The molecule has 2 aromatic rings. The fourth-order valence-corrected chi connectivity index (χ4v) is 7.41. The van der Waals surface area contributed by atoms with Gasteiger partial charge < -0.3 is 9.84 Å². The lowest BCUT2D eigenvalue weighted by molar-refractivity contribution is -0.145. The fraction of sp³-hybridized carbons (Fsp3) is 0.500. The van der Waals surface area contributed by atoms with Gasteiger partial charge in [0.05, 0.1) is 7.11 Å². The van der Waals surface area contributed by atoms with Crippen LogP contribution in [0.5, 0.6) is 0 Å². The molecular formula is C26H31ClO3S. The van der Waals surface area contributed by atoms with Crippen molar-refractivity contribution in [1.29, 1.82) is 0 Å². The quantitative estimate of drug-likeness (QED) is 0.535. The monoisotopic (exact) mass is 458 g/mol. The maximum atomic E-state index is 13.0. The van der Waals surface area contributed by atoms with Crippen LogP contribution < -0.4 is 0 Å². The molecule has 0 saturated heterocycles. The van der Waals surface area contributed by atoms with Crippen LogP contribution in [0, 0.1) is 11.8 Å². The first kappa shape index (κ1) is 22.7. The van der Waals surface area contributed by atoms with Crippen molar-refractivity contribution >= 4 is 29.3 Å². The van der Waals surface area contributed by atoms with Crippen molar-refractivity contribution < 1.29 is 14.6 Å². The number of hydrogen-bond acceptors (Lipinski definition) is 4. The molecule has 2 aromatic carbocycles. The number of esters is 1. The van der Waals surface area contributed by atoms with Gasteiger partial charge in [-0.1, -0.05) is 48.9 Å². The third-order valence-corrected chi connectivity index (χ3v) is 9.11. The number of hydrogen-bond donors (Lipinski definition) is 1. The molecule has 2 aliphatic rings. The molecule has 0 aromatic heterocycles. The molecule has 5 heteroatoms. The zero-order valence-corrected chi connectivity index (χ0v) is 19.8. The van der Waals surface area contributed by atoms with Crippen LogP contribution in [0.3, 0.4) is 0 Å². The van der Waals surface area contributed by atoms with Gasteiger partial charge in [0.1, 0.15) is 4.75 Å². The molecule has 0 bridgehead atoms. The highest BCUT2D eigenvalue weighted by Crippen LogP contribution is 2.58. The molecule has 166 valence electrons. The summed E-state index contributed by atoms with van der Waals surface area (Å²) in [6.45, 7) is 2.35. The van der Waals surface area contributed by atoms with E-state index in [0.29, 0.717) is 10.9 Å². The third kappa shape index (κ3) is 4.27. The van der Waals surface area contributed by atoms with Crippen molar-refractivity contribution in [3.05, 3.63) is 64.7 Å². The molecule has 0 radical (unpaired) electrons. The lowest BCUT2D eigenvalue weighted by Gasteiger charge is -2.47. The van der Waals surface area contributed by atoms with Gasteiger partial charge in [-0.3, -0.25) is 4.79 Å². The Labute approximate surface area is 194 Å². The summed E-state index contributed by atoms with van der Waals surface area (Å²) >= 11 is 7.81. The van der Waals surface area contributed by atoms with Gasteiger partial charge in [0.2, 0.25) is 0 Å². The van der Waals surface area contributed by atoms with Crippen molar-refractivity contribution in [1.82, 2.24) is 0 Å². The normalized spacial score (nSPS) is 28.3. The van der Waals surface area contributed by atoms with Gasteiger partial charge >= 0.3 is 5.97 Å². The molecule has 2 atom stereocenters. The zero-order chi connectivity index (χ0) is 22.1. The lowest BCUT2D eigenvalue weighted by atomic mass is 9.61. The number of aliphatic hydroxyl groups excluding tert-OH is 1. The Morgan fingerprint density at radius 3 is 2.61 bits per heavy atom. The van der Waals surface area contributed by atoms with E-state index >= 15 is 0 Å². The average molecular weight is 459 g/mol. The van der Waals surface area contributed by atoms with Crippen LogP contribution in [0.1, 0.15) is 50.2 Å². The number of thioether (sulfide) groups is 1. The van der Waals surface area contributed by atoms with E-state index in [2.05, 4.69) is 31.2 Å². The zero-order valence-electron chi connectivity index (χ0n) is 18.3. The summed E-state index contributed by atoms with van der Waals surface area (Å²) in [7, 11) is 1.49. The van der Waals surface area contributed by atoms with E-state index in [1.165, 1.54) is 18.2 Å². The number of methoxy groups -OCH3 is 1. The fourth-order valence-electron chi connectivity index (χ4n) is 5.80. The highest BCUT2D eigenvalue weighted by atomic mass is 35.5. The van der Waals surface area contributed by atoms with E-state index in [1.54, 1.807) is 11.8 Å². The Morgan fingerprint density at radius 2 is 1.94 bits per heavy atom. The van der Waals surface area contributed by atoms with E-state index in [9.17, 15) is 9.90 Å². The van der Waals surface area contributed by atoms with Crippen molar-refractivity contribution in [3.8, 4) is 0 Å². The van der Waals surface area contributed by atoms with Gasteiger partial charge in [-0.05, 0) is 85.1 Å².